The number of anilines is 4. The molecule has 0 spiro atoms. The molecule has 45 heavy (non-hydrogen) atoms. The molecule has 6 rings (SSSR count). The van der Waals surface area contributed by atoms with Crippen LogP contribution in [-0.2, 0) is 0 Å². The number of hydrogen-bond acceptors (Lipinski definition) is 6. The molecular formula is C36H42ClN6O2+. The van der Waals surface area contributed by atoms with E-state index in [0.29, 0.717) is 0 Å². The van der Waals surface area contributed by atoms with Gasteiger partial charge in [0.2, 0.25) is 0 Å². The molecule has 0 bridgehead atoms. The molecule has 0 atom stereocenters. The second-order valence-corrected chi connectivity index (χ2v) is 11.5. The van der Waals surface area contributed by atoms with Crippen LogP contribution in [-0.4, -0.2) is 89.4 Å². The fraction of sp³-hybridized carbons (Fsp3) is 0.278. The molecule has 0 saturated carbocycles. The van der Waals surface area contributed by atoms with Gasteiger partial charge in [-0.25, -0.2) is 19.0 Å². The Bertz CT molecular complexity index is 1540. The second-order valence-electron chi connectivity index (χ2n) is 11.5. The van der Waals surface area contributed by atoms with Crippen molar-refractivity contribution in [3.05, 3.63) is 97.1 Å². The standard InChI is InChI=1S/C36H42N6O2.ClH/c1-37(2)27-7-11-29(12-8-27)39-23-25-41(31-15-19-33(43-5)20-16-31)35(39)36-40(30-13-9-28(10-14-30)38(3)4)24-26-42(36)32-17-21-34(44-6)22-18-32;/h7-22H,23-26H2,1-6H3;1H/q+2;/p-1. The largest absolute Gasteiger partial charge is 1.00 e. The van der Waals surface area contributed by atoms with Crippen molar-refractivity contribution in [3.63, 3.8) is 0 Å². The first-order chi connectivity index (χ1) is 21.4. The Hall–Kier alpha value is -4.69. The van der Waals surface area contributed by atoms with Crippen molar-refractivity contribution in [2.75, 3.05) is 88.2 Å². The van der Waals surface area contributed by atoms with Crippen LogP contribution in [0.4, 0.5) is 34.1 Å². The summed E-state index contributed by atoms with van der Waals surface area (Å²) in [6.07, 6.45) is 0. The van der Waals surface area contributed by atoms with Crippen LogP contribution in [0.1, 0.15) is 0 Å². The van der Waals surface area contributed by atoms with E-state index in [-0.39, 0.29) is 12.4 Å². The zero-order valence-electron chi connectivity index (χ0n) is 26.9. The van der Waals surface area contributed by atoms with E-state index in [1.54, 1.807) is 14.2 Å². The van der Waals surface area contributed by atoms with Crippen molar-refractivity contribution in [2.24, 2.45) is 0 Å². The third-order valence-electron chi connectivity index (χ3n) is 8.44. The molecule has 9 heteroatoms. The first kappa shape index (κ1) is 31.7. The first-order valence-electron chi connectivity index (χ1n) is 15.1. The predicted octanol–water partition coefficient (Wildman–Crippen LogP) is 2.67. The molecule has 2 aliphatic heterocycles. The fourth-order valence-electron chi connectivity index (χ4n) is 5.99. The lowest BCUT2D eigenvalue weighted by atomic mass is 10.2. The van der Waals surface area contributed by atoms with Crippen LogP contribution in [0.5, 0.6) is 11.5 Å². The summed E-state index contributed by atoms with van der Waals surface area (Å²) < 4.78 is 15.9. The topological polar surface area (TPSA) is 37.4 Å². The third kappa shape index (κ3) is 6.28. The van der Waals surface area contributed by atoms with Crippen molar-refractivity contribution in [1.29, 1.82) is 0 Å². The molecule has 4 aromatic carbocycles. The van der Waals surface area contributed by atoms with Gasteiger partial charge in [0.05, 0.1) is 14.2 Å². The van der Waals surface area contributed by atoms with Crippen LogP contribution in [0.3, 0.4) is 0 Å². The number of rotatable bonds is 9. The van der Waals surface area contributed by atoms with Gasteiger partial charge in [-0.05, 0) is 97.1 Å². The number of hydrogen-bond donors (Lipinski definition) is 0. The van der Waals surface area contributed by atoms with Crippen LogP contribution >= 0.6 is 0 Å². The number of ether oxygens (including phenoxy) is 2. The van der Waals surface area contributed by atoms with Crippen LogP contribution in [0, 0.1) is 0 Å². The van der Waals surface area contributed by atoms with E-state index in [2.05, 4.69) is 130 Å². The van der Waals surface area contributed by atoms with Crippen molar-refractivity contribution >= 4 is 45.8 Å². The summed E-state index contributed by atoms with van der Waals surface area (Å²) in [5.41, 5.74) is 6.95. The number of halogens is 1. The number of amidine groups is 2. The molecule has 8 nitrogen and oxygen atoms in total. The smallest absolute Gasteiger partial charge is 0.374 e. The van der Waals surface area contributed by atoms with E-state index in [1.807, 2.05) is 24.3 Å². The zero-order chi connectivity index (χ0) is 30.8. The van der Waals surface area contributed by atoms with Crippen LogP contribution in [0.2, 0.25) is 0 Å². The molecule has 0 aliphatic carbocycles. The van der Waals surface area contributed by atoms with Gasteiger partial charge < -0.3 is 31.7 Å². The summed E-state index contributed by atoms with van der Waals surface area (Å²) in [7, 11) is 11.7. The summed E-state index contributed by atoms with van der Waals surface area (Å²) in [6, 6.07) is 34.5. The molecule has 0 radical (unpaired) electrons. The lowest BCUT2D eigenvalue weighted by molar-refractivity contribution is -0.441. The summed E-state index contributed by atoms with van der Waals surface area (Å²) >= 11 is 0. The Labute approximate surface area is 273 Å². The minimum Gasteiger partial charge on any atom is -1.00 e. The highest BCUT2D eigenvalue weighted by Gasteiger charge is 2.49. The monoisotopic (exact) mass is 625 g/mol. The summed E-state index contributed by atoms with van der Waals surface area (Å²) in [4.78, 5) is 9.16. The van der Waals surface area contributed by atoms with E-state index >= 15 is 0 Å². The van der Waals surface area contributed by atoms with Gasteiger partial charge in [-0.1, -0.05) is 0 Å². The number of methoxy groups -OCH3 is 2. The summed E-state index contributed by atoms with van der Waals surface area (Å²) in [6.45, 7) is 3.42. The maximum atomic E-state index is 5.50. The van der Waals surface area contributed by atoms with E-state index in [9.17, 15) is 0 Å². The Morgan fingerprint density at radius 3 is 1.13 bits per heavy atom. The van der Waals surface area contributed by atoms with Crippen molar-refractivity contribution in [1.82, 2.24) is 0 Å². The quantitative estimate of drug-likeness (QED) is 0.267. The van der Waals surface area contributed by atoms with E-state index < -0.39 is 0 Å². The molecule has 2 aliphatic rings. The van der Waals surface area contributed by atoms with Gasteiger partial charge >= 0.3 is 11.7 Å². The summed E-state index contributed by atoms with van der Waals surface area (Å²) in [5.74, 6) is 4.00. The van der Waals surface area contributed by atoms with Crippen LogP contribution < -0.4 is 41.5 Å². The predicted molar refractivity (Wildman–Crippen MR) is 182 cm³/mol. The van der Waals surface area contributed by atoms with Gasteiger partial charge in [0, 0.05) is 39.6 Å². The maximum absolute atomic E-state index is 5.50. The zero-order valence-corrected chi connectivity index (χ0v) is 27.7. The molecule has 0 aromatic heterocycles. The third-order valence-corrected chi connectivity index (χ3v) is 8.44. The first-order valence-corrected chi connectivity index (χ1v) is 15.1. The van der Waals surface area contributed by atoms with Gasteiger partial charge in [-0.3, -0.25) is 0 Å². The molecule has 234 valence electrons. The maximum Gasteiger partial charge on any atom is 0.374 e. The second kappa shape index (κ2) is 13.5. The van der Waals surface area contributed by atoms with Crippen LogP contribution in [0.15, 0.2) is 97.1 Å². The molecule has 0 N–H and O–H groups in total. The lowest BCUT2D eigenvalue weighted by Crippen LogP contribution is -3.00. The van der Waals surface area contributed by atoms with E-state index in [0.717, 1.165) is 60.7 Å². The Kier molecular flexibility index (Phi) is 9.54. The van der Waals surface area contributed by atoms with Crippen molar-refractivity contribution in [2.45, 2.75) is 0 Å². The Balaban J connectivity index is 0.00000400. The van der Waals surface area contributed by atoms with Crippen molar-refractivity contribution in [3.8, 4) is 11.5 Å². The lowest BCUT2D eigenvalue weighted by Gasteiger charge is -2.18. The van der Waals surface area contributed by atoms with E-state index in [1.165, 1.54) is 22.7 Å². The molecule has 0 saturated heterocycles. The Morgan fingerprint density at radius 2 is 0.844 bits per heavy atom. The highest BCUT2D eigenvalue weighted by molar-refractivity contribution is 6.47. The van der Waals surface area contributed by atoms with Crippen LogP contribution in [0.25, 0.3) is 0 Å². The fourth-order valence-corrected chi connectivity index (χ4v) is 5.99. The molecule has 0 amide bonds. The molecule has 2 heterocycles. The molecule has 0 unspecified atom stereocenters. The highest BCUT2D eigenvalue weighted by Crippen LogP contribution is 2.31. The Morgan fingerprint density at radius 1 is 0.511 bits per heavy atom. The number of nitrogens with zero attached hydrogens (tertiary/aromatic N) is 6. The van der Waals surface area contributed by atoms with Gasteiger partial charge in [-0.15, -0.1) is 0 Å². The SMILES string of the molecule is COc1ccc(N2CC[N+](c3ccc(N(C)C)cc3)=C2C2=[N+](c3ccc(N(C)C)cc3)CCN2c2ccc(OC)cc2)cc1.[Cl-]. The highest BCUT2D eigenvalue weighted by atomic mass is 35.5. The summed E-state index contributed by atoms with van der Waals surface area (Å²) in [5, 5.41) is 0. The number of benzene rings is 4. The van der Waals surface area contributed by atoms with Gasteiger partial charge in [0.25, 0.3) is 0 Å². The van der Waals surface area contributed by atoms with Gasteiger partial charge in [-0.2, -0.15) is 0 Å². The average molecular weight is 626 g/mol. The van der Waals surface area contributed by atoms with Gasteiger partial charge in [0.15, 0.2) is 0 Å². The minimum absolute atomic E-state index is 0. The van der Waals surface area contributed by atoms with Gasteiger partial charge in [0.1, 0.15) is 60.4 Å². The molecular weight excluding hydrogens is 584 g/mol. The van der Waals surface area contributed by atoms with E-state index in [4.69, 9.17) is 9.47 Å². The normalized spacial score (nSPS) is 14.5. The molecule has 0 fully saturated rings. The molecule has 4 aromatic rings. The van der Waals surface area contributed by atoms with Crippen molar-refractivity contribution < 1.29 is 31.0 Å². The minimum atomic E-state index is 0. The average Bonchev–Trinajstić information content (AvgIpc) is 3.69.